The zero-order valence-electron chi connectivity index (χ0n) is 12.0. The van der Waals surface area contributed by atoms with E-state index in [9.17, 15) is 4.79 Å². The van der Waals surface area contributed by atoms with E-state index in [0.29, 0.717) is 18.5 Å². The van der Waals surface area contributed by atoms with Crippen LogP contribution in [0.4, 0.5) is 0 Å². The summed E-state index contributed by atoms with van der Waals surface area (Å²) in [6.07, 6.45) is 5.59. The molecule has 106 valence electrons. The normalized spacial score (nSPS) is 14.9. The maximum atomic E-state index is 11.8. The molecule has 2 N–H and O–H groups in total. The van der Waals surface area contributed by atoms with Crippen LogP contribution in [0, 0.1) is 5.92 Å². The van der Waals surface area contributed by atoms with Crippen molar-refractivity contribution in [3.05, 3.63) is 24.0 Å². The van der Waals surface area contributed by atoms with Crippen molar-refractivity contribution < 1.29 is 4.79 Å². The van der Waals surface area contributed by atoms with Crippen molar-refractivity contribution in [2.75, 3.05) is 6.54 Å². The summed E-state index contributed by atoms with van der Waals surface area (Å²) < 4.78 is 2.03. The first kappa shape index (κ1) is 14.1. The van der Waals surface area contributed by atoms with Crippen LogP contribution in [0.5, 0.6) is 0 Å². The Balaban J connectivity index is 1.74. The van der Waals surface area contributed by atoms with Crippen molar-refractivity contribution in [2.24, 2.45) is 5.92 Å². The topological polar surface area (TPSA) is 46.1 Å². The van der Waals surface area contributed by atoms with Crippen LogP contribution in [0.2, 0.25) is 0 Å². The van der Waals surface area contributed by atoms with E-state index in [1.165, 1.54) is 18.5 Å². The molecule has 1 saturated carbocycles. The molecule has 1 heterocycles. The van der Waals surface area contributed by atoms with E-state index in [-0.39, 0.29) is 5.91 Å². The number of amides is 1. The smallest absolute Gasteiger partial charge is 0.239 e. The van der Waals surface area contributed by atoms with Gasteiger partial charge < -0.3 is 15.2 Å². The summed E-state index contributed by atoms with van der Waals surface area (Å²) in [4.78, 5) is 11.8. The van der Waals surface area contributed by atoms with Gasteiger partial charge >= 0.3 is 0 Å². The van der Waals surface area contributed by atoms with Gasteiger partial charge in [-0.1, -0.05) is 13.8 Å². The van der Waals surface area contributed by atoms with Crippen molar-refractivity contribution in [3.63, 3.8) is 0 Å². The van der Waals surface area contributed by atoms with Crippen LogP contribution in [0.1, 0.15) is 38.8 Å². The molecule has 1 aromatic heterocycles. The molecule has 0 spiro atoms. The fraction of sp³-hybridized carbons (Fsp3) is 0.667. The maximum Gasteiger partial charge on any atom is 0.239 e. The molecule has 2 rings (SSSR count). The summed E-state index contributed by atoms with van der Waals surface area (Å²) in [6, 6.07) is 4.78. The van der Waals surface area contributed by atoms with E-state index < -0.39 is 0 Å². The fourth-order valence-electron chi connectivity index (χ4n) is 2.01. The molecule has 1 aliphatic rings. The van der Waals surface area contributed by atoms with Crippen molar-refractivity contribution in [1.82, 2.24) is 15.2 Å². The first-order valence-corrected chi connectivity index (χ1v) is 7.29. The van der Waals surface area contributed by atoms with Gasteiger partial charge in [-0.2, -0.15) is 0 Å². The predicted molar refractivity (Wildman–Crippen MR) is 76.8 cm³/mol. The van der Waals surface area contributed by atoms with Gasteiger partial charge in [0.05, 0.1) is 0 Å². The van der Waals surface area contributed by atoms with E-state index >= 15 is 0 Å². The van der Waals surface area contributed by atoms with Gasteiger partial charge in [0.2, 0.25) is 5.91 Å². The van der Waals surface area contributed by atoms with E-state index in [1.54, 1.807) is 0 Å². The van der Waals surface area contributed by atoms with E-state index in [4.69, 9.17) is 0 Å². The largest absolute Gasteiger partial charge is 0.355 e. The third-order valence-corrected chi connectivity index (χ3v) is 3.43. The summed E-state index contributed by atoms with van der Waals surface area (Å²) in [5.74, 6) is 0.731. The number of hydrogen-bond acceptors (Lipinski definition) is 2. The summed E-state index contributed by atoms with van der Waals surface area (Å²) >= 11 is 0. The lowest BCUT2D eigenvalue weighted by Crippen LogP contribution is -2.30. The van der Waals surface area contributed by atoms with Crippen molar-refractivity contribution in [1.29, 1.82) is 0 Å². The monoisotopic (exact) mass is 263 g/mol. The molecule has 1 aliphatic carbocycles. The van der Waals surface area contributed by atoms with Crippen molar-refractivity contribution in [3.8, 4) is 0 Å². The second-order valence-corrected chi connectivity index (χ2v) is 5.82. The lowest BCUT2D eigenvalue weighted by Gasteiger charge is -2.11. The Kier molecular flexibility index (Phi) is 5.02. The minimum Gasteiger partial charge on any atom is -0.355 e. The highest BCUT2D eigenvalue weighted by Crippen LogP contribution is 2.19. The van der Waals surface area contributed by atoms with Gasteiger partial charge in [-0.3, -0.25) is 4.79 Å². The Bertz CT molecular complexity index is 407. The highest BCUT2D eigenvalue weighted by Gasteiger charge is 2.20. The molecule has 0 saturated heterocycles. The number of carbonyl (C=O) groups excluding carboxylic acids is 1. The van der Waals surface area contributed by atoms with Crippen LogP contribution in [0.3, 0.4) is 0 Å². The summed E-state index contributed by atoms with van der Waals surface area (Å²) in [7, 11) is 0. The molecule has 0 aromatic carbocycles. The van der Waals surface area contributed by atoms with Crippen LogP contribution >= 0.6 is 0 Å². The standard InChI is InChI=1S/C15H25N3O/c1-12(2)7-8-16-15(19)11-18-9-3-4-14(18)10-17-13-5-6-13/h3-4,9,12-13,17H,5-8,10-11H2,1-2H3,(H,16,19). The number of rotatable bonds is 8. The summed E-state index contributed by atoms with van der Waals surface area (Å²) in [5, 5.41) is 6.45. The fourth-order valence-corrected chi connectivity index (χ4v) is 2.01. The SMILES string of the molecule is CC(C)CCNC(=O)Cn1cccc1CNC1CC1. The van der Waals surface area contributed by atoms with E-state index in [0.717, 1.165) is 19.5 Å². The quantitative estimate of drug-likeness (QED) is 0.752. The summed E-state index contributed by atoms with van der Waals surface area (Å²) in [6.45, 7) is 6.39. The van der Waals surface area contributed by atoms with Gasteiger partial charge in [0.1, 0.15) is 6.54 Å². The number of hydrogen-bond donors (Lipinski definition) is 2. The number of aromatic nitrogens is 1. The number of nitrogens with zero attached hydrogens (tertiary/aromatic N) is 1. The van der Waals surface area contributed by atoms with Crippen LogP contribution < -0.4 is 10.6 Å². The highest BCUT2D eigenvalue weighted by molar-refractivity contribution is 5.75. The van der Waals surface area contributed by atoms with Crippen molar-refractivity contribution in [2.45, 2.75) is 52.2 Å². The number of nitrogens with one attached hydrogen (secondary N) is 2. The Morgan fingerprint density at radius 3 is 2.95 bits per heavy atom. The minimum atomic E-state index is 0.101. The zero-order chi connectivity index (χ0) is 13.7. The van der Waals surface area contributed by atoms with Gasteiger partial charge in [0, 0.05) is 31.0 Å². The Labute approximate surface area is 115 Å². The second kappa shape index (κ2) is 6.75. The molecular weight excluding hydrogens is 238 g/mol. The molecule has 0 unspecified atom stereocenters. The van der Waals surface area contributed by atoms with Crippen LogP contribution in [-0.2, 0) is 17.9 Å². The molecule has 1 aromatic rings. The molecule has 1 fully saturated rings. The molecular formula is C15H25N3O. The van der Waals surface area contributed by atoms with E-state index in [2.05, 4.69) is 30.5 Å². The lowest BCUT2D eigenvalue weighted by molar-refractivity contribution is -0.121. The molecule has 0 atom stereocenters. The first-order valence-electron chi connectivity index (χ1n) is 7.29. The third kappa shape index (κ3) is 5.07. The summed E-state index contributed by atoms with van der Waals surface area (Å²) in [5.41, 5.74) is 1.19. The van der Waals surface area contributed by atoms with Crippen LogP contribution in [-0.4, -0.2) is 23.1 Å². The molecule has 4 nitrogen and oxygen atoms in total. The Morgan fingerprint density at radius 1 is 1.47 bits per heavy atom. The maximum absolute atomic E-state index is 11.8. The second-order valence-electron chi connectivity index (χ2n) is 5.82. The first-order chi connectivity index (χ1) is 9.15. The molecule has 1 amide bonds. The van der Waals surface area contributed by atoms with Gasteiger partial charge in [0.25, 0.3) is 0 Å². The third-order valence-electron chi connectivity index (χ3n) is 3.43. The average Bonchev–Trinajstić information content (AvgIpc) is 3.08. The molecule has 0 bridgehead atoms. The molecule has 0 radical (unpaired) electrons. The van der Waals surface area contributed by atoms with Gasteiger partial charge in [-0.15, -0.1) is 0 Å². The predicted octanol–water partition coefficient (Wildman–Crippen LogP) is 1.90. The van der Waals surface area contributed by atoms with Crippen molar-refractivity contribution >= 4 is 5.91 Å². The van der Waals surface area contributed by atoms with Crippen LogP contribution in [0.25, 0.3) is 0 Å². The van der Waals surface area contributed by atoms with Gasteiger partial charge in [-0.25, -0.2) is 0 Å². The Hall–Kier alpha value is -1.29. The average molecular weight is 263 g/mol. The minimum absolute atomic E-state index is 0.101. The highest BCUT2D eigenvalue weighted by atomic mass is 16.1. The van der Waals surface area contributed by atoms with Gasteiger partial charge in [-0.05, 0) is 37.3 Å². The lowest BCUT2D eigenvalue weighted by atomic mass is 10.1. The molecule has 0 aliphatic heterocycles. The number of carbonyl (C=O) groups is 1. The zero-order valence-corrected chi connectivity index (χ0v) is 12.0. The molecule has 4 heteroatoms. The molecule has 19 heavy (non-hydrogen) atoms. The van der Waals surface area contributed by atoms with Gasteiger partial charge in [0.15, 0.2) is 0 Å². The van der Waals surface area contributed by atoms with E-state index in [1.807, 2.05) is 16.8 Å². The van der Waals surface area contributed by atoms with Crippen LogP contribution in [0.15, 0.2) is 18.3 Å². The Morgan fingerprint density at radius 2 is 2.26 bits per heavy atom.